The van der Waals surface area contributed by atoms with Crippen LogP contribution in [-0.2, 0) is 16.0 Å². The molecule has 1 aliphatic heterocycles. The molecule has 0 radical (unpaired) electrons. The highest BCUT2D eigenvalue weighted by molar-refractivity contribution is 7.09. The Morgan fingerprint density at radius 1 is 1.50 bits per heavy atom. The number of nitrogens with zero attached hydrogens (tertiary/aromatic N) is 2. The van der Waals surface area contributed by atoms with E-state index in [1.165, 1.54) is 6.92 Å². The number of hydrogen-bond acceptors (Lipinski definition) is 4. The summed E-state index contributed by atoms with van der Waals surface area (Å²) in [7, 11) is 0. The van der Waals surface area contributed by atoms with Gasteiger partial charge in [0.25, 0.3) is 0 Å². The molecule has 24 heavy (non-hydrogen) atoms. The van der Waals surface area contributed by atoms with Gasteiger partial charge < -0.3 is 10.2 Å². The van der Waals surface area contributed by atoms with E-state index < -0.39 is 0 Å². The van der Waals surface area contributed by atoms with Crippen molar-refractivity contribution in [3.63, 3.8) is 0 Å². The van der Waals surface area contributed by atoms with Crippen molar-refractivity contribution in [3.8, 4) is 0 Å². The number of nitrogens with one attached hydrogen (secondary N) is 1. The van der Waals surface area contributed by atoms with Crippen molar-refractivity contribution in [1.29, 1.82) is 0 Å². The molecule has 2 rings (SSSR count). The van der Waals surface area contributed by atoms with Gasteiger partial charge >= 0.3 is 0 Å². The summed E-state index contributed by atoms with van der Waals surface area (Å²) in [4.78, 5) is 30.2. The first-order valence-electron chi connectivity index (χ1n) is 8.98. The lowest BCUT2D eigenvalue weighted by atomic mass is 9.96. The Morgan fingerprint density at radius 3 is 3.00 bits per heavy atom. The molecule has 134 valence electrons. The van der Waals surface area contributed by atoms with Gasteiger partial charge in [-0.05, 0) is 19.3 Å². The number of thiazole rings is 1. The maximum absolute atomic E-state index is 12.5. The van der Waals surface area contributed by atoms with E-state index in [0.29, 0.717) is 18.4 Å². The average Bonchev–Trinajstić information content (AvgIpc) is 3.03. The Hall–Kier alpha value is -1.43. The summed E-state index contributed by atoms with van der Waals surface area (Å²) in [6.07, 6.45) is 4.93. The van der Waals surface area contributed by atoms with E-state index in [1.54, 1.807) is 11.3 Å². The van der Waals surface area contributed by atoms with E-state index in [0.717, 1.165) is 55.9 Å². The van der Waals surface area contributed by atoms with Crippen LogP contribution < -0.4 is 5.32 Å². The Bertz CT molecular complexity index is 558. The second-order valence-electron chi connectivity index (χ2n) is 6.72. The number of carbonyl (C=O) groups is 2. The van der Waals surface area contributed by atoms with Crippen LogP contribution in [0.2, 0.25) is 0 Å². The Labute approximate surface area is 148 Å². The first-order valence-corrected chi connectivity index (χ1v) is 9.86. The summed E-state index contributed by atoms with van der Waals surface area (Å²) in [6, 6.07) is 0. The third kappa shape index (κ3) is 5.30. The van der Waals surface area contributed by atoms with Crippen molar-refractivity contribution >= 4 is 23.2 Å². The lowest BCUT2D eigenvalue weighted by molar-refractivity contribution is -0.136. The molecule has 1 aromatic rings. The van der Waals surface area contributed by atoms with Crippen molar-refractivity contribution in [2.75, 3.05) is 19.6 Å². The third-order valence-corrected chi connectivity index (χ3v) is 5.61. The van der Waals surface area contributed by atoms with Crippen LogP contribution in [0.1, 0.15) is 63.1 Å². The van der Waals surface area contributed by atoms with Gasteiger partial charge in [-0.15, -0.1) is 11.3 Å². The van der Waals surface area contributed by atoms with Crippen LogP contribution in [0.15, 0.2) is 5.38 Å². The van der Waals surface area contributed by atoms with Crippen LogP contribution in [0.5, 0.6) is 0 Å². The first-order chi connectivity index (χ1) is 11.5. The molecule has 1 saturated heterocycles. The summed E-state index contributed by atoms with van der Waals surface area (Å²) >= 11 is 1.69. The Kier molecular flexibility index (Phi) is 7.21. The normalized spacial score (nSPS) is 19.1. The second-order valence-corrected chi connectivity index (χ2v) is 7.61. The molecule has 6 heteroatoms. The van der Waals surface area contributed by atoms with E-state index in [2.05, 4.69) is 17.6 Å². The molecule has 2 amide bonds. The highest BCUT2D eigenvalue weighted by Gasteiger charge is 2.28. The van der Waals surface area contributed by atoms with E-state index >= 15 is 0 Å². The van der Waals surface area contributed by atoms with Gasteiger partial charge in [0.1, 0.15) is 0 Å². The minimum Gasteiger partial charge on any atom is -0.356 e. The van der Waals surface area contributed by atoms with Gasteiger partial charge in [-0.3, -0.25) is 9.59 Å². The molecular weight excluding hydrogens is 322 g/mol. The molecule has 1 aromatic heterocycles. The monoisotopic (exact) mass is 351 g/mol. The predicted octanol–water partition coefficient (Wildman–Crippen LogP) is 2.96. The summed E-state index contributed by atoms with van der Waals surface area (Å²) in [5.74, 6) is 0.770. The molecule has 1 N–H and O–H groups in total. The number of hydrogen-bond donors (Lipinski definition) is 1. The van der Waals surface area contributed by atoms with Crippen LogP contribution in [-0.4, -0.2) is 41.3 Å². The molecule has 1 aliphatic rings. The smallest absolute Gasteiger partial charge is 0.225 e. The average molecular weight is 352 g/mol. The number of amides is 2. The molecule has 2 atom stereocenters. The molecule has 0 aliphatic carbocycles. The van der Waals surface area contributed by atoms with Crippen LogP contribution in [0.25, 0.3) is 0 Å². The number of carbonyl (C=O) groups excluding carboxylic acids is 2. The van der Waals surface area contributed by atoms with Gasteiger partial charge in [0, 0.05) is 50.2 Å². The number of likely N-dealkylation sites (tertiary alicyclic amines) is 1. The zero-order valence-electron chi connectivity index (χ0n) is 15.0. The highest BCUT2D eigenvalue weighted by atomic mass is 32.1. The molecule has 0 bridgehead atoms. The van der Waals surface area contributed by atoms with Gasteiger partial charge in [-0.2, -0.15) is 0 Å². The van der Waals surface area contributed by atoms with Crippen molar-refractivity contribution in [3.05, 3.63) is 16.1 Å². The van der Waals surface area contributed by atoms with E-state index in [4.69, 9.17) is 4.98 Å². The fraction of sp³-hybridized carbons (Fsp3) is 0.722. The largest absolute Gasteiger partial charge is 0.356 e. The SMILES string of the molecule is CCC[C@H](C)C(=O)N1CCC[C@H](c2nc(CCNC(C)=O)cs2)C1. The number of aromatic nitrogens is 1. The first kappa shape index (κ1) is 18.9. The molecule has 5 nitrogen and oxygen atoms in total. The highest BCUT2D eigenvalue weighted by Crippen LogP contribution is 2.30. The number of rotatable bonds is 7. The Balaban J connectivity index is 1.91. The standard InChI is InChI=1S/C18H29N3O2S/c1-4-6-13(2)18(23)21-10-5-7-15(11-21)17-20-16(12-24-17)8-9-19-14(3)22/h12-13,15H,4-11H2,1-3H3,(H,19,22)/t13-,15-/m0/s1. The van der Waals surface area contributed by atoms with Crippen LogP contribution in [0, 0.1) is 5.92 Å². The predicted molar refractivity (Wildman–Crippen MR) is 97.1 cm³/mol. The van der Waals surface area contributed by atoms with Crippen LogP contribution in [0.3, 0.4) is 0 Å². The maximum Gasteiger partial charge on any atom is 0.225 e. The van der Waals surface area contributed by atoms with Crippen LogP contribution in [0.4, 0.5) is 0 Å². The van der Waals surface area contributed by atoms with Gasteiger partial charge in [-0.1, -0.05) is 20.3 Å². The summed E-state index contributed by atoms with van der Waals surface area (Å²) < 4.78 is 0. The number of piperidine rings is 1. The van der Waals surface area contributed by atoms with E-state index in [-0.39, 0.29) is 11.8 Å². The van der Waals surface area contributed by atoms with Gasteiger partial charge in [0.15, 0.2) is 0 Å². The summed E-state index contributed by atoms with van der Waals surface area (Å²) in [6.45, 7) is 8.00. The van der Waals surface area contributed by atoms with Gasteiger partial charge in [0.05, 0.1) is 10.7 Å². The van der Waals surface area contributed by atoms with Crippen molar-refractivity contribution in [1.82, 2.24) is 15.2 Å². The van der Waals surface area contributed by atoms with E-state index in [1.807, 2.05) is 11.8 Å². The topological polar surface area (TPSA) is 62.3 Å². The third-order valence-electron chi connectivity index (χ3n) is 4.55. The van der Waals surface area contributed by atoms with Gasteiger partial charge in [-0.25, -0.2) is 4.98 Å². The van der Waals surface area contributed by atoms with Crippen LogP contribution >= 0.6 is 11.3 Å². The molecular formula is C18H29N3O2S. The lowest BCUT2D eigenvalue weighted by Crippen LogP contribution is -2.41. The minimum atomic E-state index is -0.00640. The molecule has 1 fully saturated rings. The van der Waals surface area contributed by atoms with E-state index in [9.17, 15) is 9.59 Å². The Morgan fingerprint density at radius 2 is 2.29 bits per heavy atom. The van der Waals surface area contributed by atoms with Gasteiger partial charge in [0.2, 0.25) is 11.8 Å². The fourth-order valence-corrected chi connectivity index (χ4v) is 4.22. The van der Waals surface area contributed by atoms with Crippen molar-refractivity contribution in [2.24, 2.45) is 5.92 Å². The second kappa shape index (κ2) is 9.16. The minimum absolute atomic E-state index is 0.00640. The fourth-order valence-electron chi connectivity index (χ4n) is 3.24. The lowest BCUT2D eigenvalue weighted by Gasteiger charge is -2.33. The molecule has 0 spiro atoms. The van der Waals surface area contributed by atoms with Crippen molar-refractivity contribution in [2.45, 2.75) is 58.8 Å². The molecule has 2 heterocycles. The van der Waals surface area contributed by atoms with Crippen molar-refractivity contribution < 1.29 is 9.59 Å². The molecule has 0 aromatic carbocycles. The molecule has 0 unspecified atom stereocenters. The summed E-state index contributed by atoms with van der Waals surface area (Å²) in [5, 5.41) is 6.02. The maximum atomic E-state index is 12.5. The zero-order valence-corrected chi connectivity index (χ0v) is 15.8. The summed E-state index contributed by atoms with van der Waals surface area (Å²) in [5.41, 5.74) is 1.03. The quantitative estimate of drug-likeness (QED) is 0.821. The molecule has 0 saturated carbocycles. The zero-order chi connectivity index (χ0) is 17.5.